The summed E-state index contributed by atoms with van der Waals surface area (Å²) in [6.45, 7) is 3.70. The van der Waals surface area contributed by atoms with Crippen molar-refractivity contribution in [3.8, 4) is 5.69 Å². The zero-order valence-corrected chi connectivity index (χ0v) is 9.31. The number of nitrogens with zero attached hydrogens (tertiary/aromatic N) is 2. The number of nitrogens with two attached hydrogens (primary N) is 1. The Kier molecular flexibility index (Phi) is 2.75. The van der Waals surface area contributed by atoms with Crippen LogP contribution in [0.1, 0.15) is 24.1 Å². The van der Waals surface area contributed by atoms with Crippen LogP contribution >= 0.6 is 0 Å². The molecule has 0 amide bonds. The second-order valence-corrected chi connectivity index (χ2v) is 3.92. The predicted octanol–water partition coefficient (Wildman–Crippen LogP) is 2.34. The third-order valence-electron chi connectivity index (χ3n) is 2.44. The van der Waals surface area contributed by atoms with E-state index >= 15 is 0 Å². The summed E-state index contributed by atoms with van der Waals surface area (Å²) in [5, 5.41) is 4.16. The normalized spacial score (nSPS) is 12.8. The molecular formula is C12H14FN3. The van der Waals surface area contributed by atoms with Crippen LogP contribution in [0.25, 0.3) is 5.69 Å². The van der Waals surface area contributed by atoms with E-state index in [0.29, 0.717) is 11.3 Å². The van der Waals surface area contributed by atoms with Gasteiger partial charge in [-0.15, -0.1) is 0 Å². The van der Waals surface area contributed by atoms with Gasteiger partial charge in [-0.25, -0.2) is 9.07 Å². The average Bonchev–Trinajstić information content (AvgIpc) is 2.63. The lowest BCUT2D eigenvalue weighted by atomic mass is 10.1. The van der Waals surface area contributed by atoms with Gasteiger partial charge in [0.15, 0.2) is 0 Å². The molecule has 0 unspecified atom stereocenters. The molecule has 0 saturated carbocycles. The number of benzene rings is 1. The fraction of sp³-hybridized carbons (Fsp3) is 0.250. The van der Waals surface area contributed by atoms with Gasteiger partial charge in [0.25, 0.3) is 0 Å². The quantitative estimate of drug-likeness (QED) is 0.842. The fourth-order valence-electron chi connectivity index (χ4n) is 1.72. The van der Waals surface area contributed by atoms with Gasteiger partial charge in [0, 0.05) is 17.8 Å². The maximum Gasteiger partial charge on any atom is 0.130 e. The molecule has 0 saturated heterocycles. The molecular weight excluding hydrogens is 205 g/mol. The van der Waals surface area contributed by atoms with Crippen molar-refractivity contribution in [3.63, 3.8) is 0 Å². The molecule has 0 aliphatic carbocycles. The van der Waals surface area contributed by atoms with Gasteiger partial charge in [-0.3, -0.25) is 0 Å². The first kappa shape index (κ1) is 10.8. The number of halogens is 1. The van der Waals surface area contributed by atoms with E-state index in [0.717, 1.165) is 5.56 Å². The Balaban J connectivity index is 2.60. The molecule has 1 aromatic heterocycles. The van der Waals surface area contributed by atoms with Gasteiger partial charge in [0.1, 0.15) is 5.82 Å². The smallest absolute Gasteiger partial charge is 0.130 e. The fourth-order valence-corrected chi connectivity index (χ4v) is 1.72. The average molecular weight is 219 g/mol. The van der Waals surface area contributed by atoms with Crippen molar-refractivity contribution in [2.24, 2.45) is 5.73 Å². The van der Waals surface area contributed by atoms with Gasteiger partial charge in [0.05, 0.1) is 11.9 Å². The number of rotatable bonds is 2. The third-order valence-corrected chi connectivity index (χ3v) is 2.44. The Morgan fingerprint density at radius 1 is 1.44 bits per heavy atom. The zero-order valence-electron chi connectivity index (χ0n) is 9.31. The van der Waals surface area contributed by atoms with E-state index in [1.807, 2.05) is 19.2 Å². The Morgan fingerprint density at radius 3 is 2.75 bits per heavy atom. The Morgan fingerprint density at radius 2 is 2.19 bits per heavy atom. The Bertz CT molecular complexity index is 503. The largest absolute Gasteiger partial charge is 0.324 e. The van der Waals surface area contributed by atoms with E-state index in [9.17, 15) is 4.39 Å². The summed E-state index contributed by atoms with van der Waals surface area (Å²) in [5.74, 6) is -0.291. The van der Waals surface area contributed by atoms with Crippen LogP contribution in [0.2, 0.25) is 0 Å². The van der Waals surface area contributed by atoms with Gasteiger partial charge in [-0.2, -0.15) is 5.10 Å². The van der Waals surface area contributed by atoms with E-state index < -0.39 is 0 Å². The van der Waals surface area contributed by atoms with Gasteiger partial charge < -0.3 is 5.73 Å². The van der Waals surface area contributed by atoms with Crippen molar-refractivity contribution >= 4 is 0 Å². The van der Waals surface area contributed by atoms with Crippen molar-refractivity contribution < 1.29 is 4.39 Å². The van der Waals surface area contributed by atoms with Crippen molar-refractivity contribution in [1.29, 1.82) is 0 Å². The van der Waals surface area contributed by atoms with Crippen LogP contribution in [-0.2, 0) is 0 Å². The van der Waals surface area contributed by atoms with E-state index in [1.165, 1.54) is 6.07 Å². The molecule has 0 aliphatic rings. The number of aryl methyl sites for hydroxylation is 1. The number of aromatic nitrogens is 2. The summed E-state index contributed by atoms with van der Waals surface area (Å²) in [7, 11) is 0. The Labute approximate surface area is 93.7 Å². The minimum atomic E-state index is -0.360. The summed E-state index contributed by atoms with van der Waals surface area (Å²) in [4.78, 5) is 0. The van der Waals surface area contributed by atoms with E-state index in [-0.39, 0.29) is 11.9 Å². The summed E-state index contributed by atoms with van der Waals surface area (Å²) < 4.78 is 15.3. The molecule has 84 valence electrons. The lowest BCUT2D eigenvalue weighted by Crippen LogP contribution is -2.12. The highest BCUT2D eigenvalue weighted by molar-refractivity contribution is 5.43. The highest BCUT2D eigenvalue weighted by Crippen LogP contribution is 2.22. The van der Waals surface area contributed by atoms with Crippen molar-refractivity contribution in [1.82, 2.24) is 9.78 Å². The molecule has 0 spiro atoms. The highest BCUT2D eigenvalue weighted by atomic mass is 19.1. The number of hydrogen-bond donors (Lipinski definition) is 1. The maximum absolute atomic E-state index is 13.7. The summed E-state index contributed by atoms with van der Waals surface area (Å²) >= 11 is 0. The number of hydrogen-bond acceptors (Lipinski definition) is 2. The highest BCUT2D eigenvalue weighted by Gasteiger charge is 2.14. The molecule has 0 radical (unpaired) electrons. The van der Waals surface area contributed by atoms with E-state index in [4.69, 9.17) is 5.73 Å². The monoisotopic (exact) mass is 219 g/mol. The van der Waals surface area contributed by atoms with Gasteiger partial charge in [0.2, 0.25) is 0 Å². The standard InChI is InChI=1S/C12H14FN3/c1-8-6-15-16(7-8)11-5-3-4-10(13)12(11)9(2)14/h3-7,9H,14H2,1-2H3/t9-/m0/s1. The molecule has 1 heterocycles. The molecule has 1 aromatic carbocycles. The van der Waals surface area contributed by atoms with Crippen molar-refractivity contribution in [3.05, 3.63) is 47.5 Å². The molecule has 0 aliphatic heterocycles. The van der Waals surface area contributed by atoms with Crippen LogP contribution < -0.4 is 5.73 Å². The van der Waals surface area contributed by atoms with Crippen molar-refractivity contribution in [2.45, 2.75) is 19.9 Å². The van der Waals surface area contributed by atoms with Gasteiger partial charge >= 0.3 is 0 Å². The van der Waals surface area contributed by atoms with Crippen molar-refractivity contribution in [2.75, 3.05) is 0 Å². The maximum atomic E-state index is 13.7. The van der Waals surface area contributed by atoms with Crippen LogP contribution in [0.5, 0.6) is 0 Å². The van der Waals surface area contributed by atoms with Gasteiger partial charge in [-0.1, -0.05) is 6.07 Å². The first-order valence-corrected chi connectivity index (χ1v) is 5.15. The summed E-state index contributed by atoms with van der Waals surface area (Å²) in [5.41, 5.74) is 7.99. The van der Waals surface area contributed by atoms with Crippen LogP contribution in [0, 0.1) is 12.7 Å². The topological polar surface area (TPSA) is 43.8 Å². The Hall–Kier alpha value is -1.68. The molecule has 2 N–H and O–H groups in total. The summed E-state index contributed by atoms with van der Waals surface area (Å²) in [6.07, 6.45) is 3.58. The lowest BCUT2D eigenvalue weighted by Gasteiger charge is -2.13. The minimum absolute atomic E-state index is 0.291. The minimum Gasteiger partial charge on any atom is -0.324 e. The second-order valence-electron chi connectivity index (χ2n) is 3.92. The predicted molar refractivity (Wildman–Crippen MR) is 60.9 cm³/mol. The zero-order chi connectivity index (χ0) is 11.7. The molecule has 2 aromatic rings. The van der Waals surface area contributed by atoms with Crippen LogP contribution in [0.4, 0.5) is 4.39 Å². The van der Waals surface area contributed by atoms with Gasteiger partial charge in [-0.05, 0) is 31.5 Å². The van der Waals surface area contributed by atoms with E-state index in [1.54, 1.807) is 23.9 Å². The molecule has 1 atom stereocenters. The van der Waals surface area contributed by atoms with Crippen LogP contribution in [0.3, 0.4) is 0 Å². The first-order valence-electron chi connectivity index (χ1n) is 5.15. The second kappa shape index (κ2) is 4.06. The van der Waals surface area contributed by atoms with Crippen LogP contribution in [0.15, 0.2) is 30.6 Å². The van der Waals surface area contributed by atoms with E-state index in [2.05, 4.69) is 5.10 Å². The third kappa shape index (κ3) is 1.84. The first-order chi connectivity index (χ1) is 7.59. The SMILES string of the molecule is Cc1cnn(-c2cccc(F)c2[C@H](C)N)c1. The molecule has 3 nitrogen and oxygen atoms in total. The van der Waals surface area contributed by atoms with Crippen LogP contribution in [-0.4, -0.2) is 9.78 Å². The molecule has 0 fully saturated rings. The summed E-state index contributed by atoms with van der Waals surface area (Å²) in [6, 6.07) is 4.53. The molecule has 16 heavy (non-hydrogen) atoms. The molecule has 2 rings (SSSR count). The molecule has 4 heteroatoms. The molecule has 0 bridgehead atoms. The lowest BCUT2D eigenvalue weighted by molar-refractivity contribution is 0.589.